The molecule has 0 aliphatic carbocycles. The average Bonchev–Trinajstić information content (AvgIpc) is 2.74. The molecule has 0 bridgehead atoms. The third kappa shape index (κ3) is 5.95. The number of carbonyl (C=O) groups is 3. The van der Waals surface area contributed by atoms with Gasteiger partial charge >= 0.3 is 5.97 Å². The van der Waals surface area contributed by atoms with Gasteiger partial charge in [-0.1, -0.05) is 59.6 Å². The molecule has 0 radical (unpaired) electrons. The lowest BCUT2D eigenvalue weighted by Gasteiger charge is -2.09. The van der Waals surface area contributed by atoms with Gasteiger partial charge in [-0.25, -0.2) is 0 Å². The van der Waals surface area contributed by atoms with E-state index in [1.807, 2.05) is 36.4 Å². The average molecular weight is 445 g/mol. The van der Waals surface area contributed by atoms with E-state index in [2.05, 4.69) is 10.6 Å². The van der Waals surface area contributed by atoms with Crippen molar-refractivity contribution in [3.63, 3.8) is 0 Å². The molecule has 3 aromatic carbocycles. The van der Waals surface area contributed by atoms with Gasteiger partial charge in [0.2, 0.25) is 5.91 Å². The van der Waals surface area contributed by atoms with Crippen molar-refractivity contribution in [3.05, 3.63) is 70.7 Å². The van der Waals surface area contributed by atoms with Gasteiger partial charge in [-0.15, -0.1) is 0 Å². The van der Waals surface area contributed by atoms with Crippen LogP contribution >= 0.6 is 23.2 Å². The molecule has 0 atom stereocenters. The molecule has 2 N–H and O–H groups in total. The number of amides is 2. The predicted molar refractivity (Wildman–Crippen MR) is 118 cm³/mol. The summed E-state index contributed by atoms with van der Waals surface area (Å²) >= 11 is 11.7. The van der Waals surface area contributed by atoms with Gasteiger partial charge in [-0.2, -0.15) is 0 Å². The molecule has 3 aromatic rings. The second-order valence-corrected chi connectivity index (χ2v) is 7.23. The first-order valence-electron chi connectivity index (χ1n) is 9.10. The van der Waals surface area contributed by atoms with E-state index in [1.165, 1.54) is 6.07 Å². The van der Waals surface area contributed by atoms with Crippen LogP contribution in [0.2, 0.25) is 10.0 Å². The third-order valence-electron chi connectivity index (χ3n) is 4.19. The maximum absolute atomic E-state index is 12.2. The van der Waals surface area contributed by atoms with Crippen LogP contribution in [-0.2, 0) is 19.1 Å². The molecular formula is C22H18Cl2N2O4. The van der Waals surface area contributed by atoms with Gasteiger partial charge in [0.25, 0.3) is 5.91 Å². The molecule has 0 aliphatic rings. The molecule has 0 saturated carbocycles. The van der Waals surface area contributed by atoms with Crippen LogP contribution in [0.5, 0.6) is 0 Å². The SMILES string of the molecule is O=C(COC(=O)CCC(=O)Nc1cccc2ccccc12)Nc1ccc(Cl)c(Cl)c1. The summed E-state index contributed by atoms with van der Waals surface area (Å²) in [6.07, 6.45) is -0.201. The highest BCUT2D eigenvalue weighted by atomic mass is 35.5. The third-order valence-corrected chi connectivity index (χ3v) is 4.93. The Balaban J connectivity index is 1.43. The summed E-state index contributed by atoms with van der Waals surface area (Å²) in [7, 11) is 0. The maximum Gasteiger partial charge on any atom is 0.306 e. The number of fused-ring (bicyclic) bond motifs is 1. The van der Waals surface area contributed by atoms with E-state index in [0.29, 0.717) is 21.4 Å². The second-order valence-electron chi connectivity index (χ2n) is 6.41. The molecule has 3 rings (SSSR count). The number of benzene rings is 3. The van der Waals surface area contributed by atoms with Crippen LogP contribution in [0.15, 0.2) is 60.7 Å². The number of esters is 1. The molecule has 0 heterocycles. The monoisotopic (exact) mass is 444 g/mol. The first-order chi connectivity index (χ1) is 14.4. The van der Waals surface area contributed by atoms with E-state index in [0.717, 1.165) is 10.8 Å². The van der Waals surface area contributed by atoms with Crippen LogP contribution in [0, 0.1) is 0 Å². The van der Waals surface area contributed by atoms with Gasteiger partial charge in [-0.3, -0.25) is 14.4 Å². The van der Waals surface area contributed by atoms with Crippen LogP contribution < -0.4 is 10.6 Å². The molecule has 0 spiro atoms. The van der Waals surface area contributed by atoms with E-state index in [1.54, 1.807) is 18.2 Å². The van der Waals surface area contributed by atoms with Crippen LogP contribution in [-0.4, -0.2) is 24.4 Å². The standard InChI is InChI=1S/C22H18Cl2N2O4/c23-17-9-8-15(12-18(17)24)25-21(28)13-30-22(29)11-10-20(27)26-19-7-3-5-14-4-1-2-6-16(14)19/h1-9,12H,10-11,13H2,(H,25,28)(H,26,27). The number of halogens is 2. The fraction of sp³-hybridized carbons (Fsp3) is 0.136. The summed E-state index contributed by atoms with van der Waals surface area (Å²) < 4.78 is 4.91. The van der Waals surface area contributed by atoms with Gasteiger partial charge in [-0.05, 0) is 29.7 Å². The number of rotatable bonds is 7. The minimum Gasteiger partial charge on any atom is -0.456 e. The second kappa shape index (κ2) is 10.1. The molecule has 30 heavy (non-hydrogen) atoms. The number of carbonyl (C=O) groups excluding carboxylic acids is 3. The first kappa shape index (κ1) is 21.6. The highest BCUT2D eigenvalue weighted by molar-refractivity contribution is 6.42. The molecule has 0 aromatic heterocycles. The van der Waals surface area contributed by atoms with E-state index in [-0.39, 0.29) is 18.7 Å². The highest BCUT2D eigenvalue weighted by Gasteiger charge is 2.12. The maximum atomic E-state index is 12.2. The quantitative estimate of drug-likeness (QED) is 0.499. The normalized spacial score (nSPS) is 10.5. The van der Waals surface area contributed by atoms with Crippen LogP contribution in [0.25, 0.3) is 10.8 Å². The van der Waals surface area contributed by atoms with Crippen molar-refractivity contribution in [2.45, 2.75) is 12.8 Å². The van der Waals surface area contributed by atoms with Gasteiger partial charge < -0.3 is 15.4 Å². The minimum atomic E-state index is -0.646. The zero-order valence-corrected chi connectivity index (χ0v) is 17.3. The number of nitrogens with one attached hydrogen (secondary N) is 2. The molecular weight excluding hydrogens is 427 g/mol. The summed E-state index contributed by atoms with van der Waals surface area (Å²) in [5.41, 5.74) is 1.10. The summed E-state index contributed by atoms with van der Waals surface area (Å²) in [6.45, 7) is -0.468. The van der Waals surface area contributed by atoms with Crippen molar-refractivity contribution in [1.29, 1.82) is 0 Å². The highest BCUT2D eigenvalue weighted by Crippen LogP contribution is 2.25. The van der Waals surface area contributed by atoms with Crippen molar-refractivity contribution in [3.8, 4) is 0 Å². The Hall–Kier alpha value is -3.09. The fourth-order valence-electron chi connectivity index (χ4n) is 2.75. The largest absolute Gasteiger partial charge is 0.456 e. The van der Waals surface area contributed by atoms with Gasteiger partial charge in [0.15, 0.2) is 6.61 Å². The smallest absolute Gasteiger partial charge is 0.306 e. The Kier molecular flexibility index (Phi) is 7.27. The Morgan fingerprint density at radius 3 is 2.37 bits per heavy atom. The van der Waals surface area contributed by atoms with Crippen molar-refractivity contribution in [1.82, 2.24) is 0 Å². The van der Waals surface area contributed by atoms with Crippen LogP contribution in [0.3, 0.4) is 0 Å². The summed E-state index contributed by atoms with van der Waals surface area (Å²) in [5, 5.41) is 7.91. The topological polar surface area (TPSA) is 84.5 Å². The number of anilines is 2. The molecule has 0 fully saturated rings. The molecule has 154 valence electrons. The van der Waals surface area contributed by atoms with Gasteiger partial charge in [0, 0.05) is 23.2 Å². The van der Waals surface area contributed by atoms with Crippen LogP contribution in [0.4, 0.5) is 11.4 Å². The fourth-order valence-corrected chi connectivity index (χ4v) is 3.05. The number of hydrogen-bond acceptors (Lipinski definition) is 4. The molecule has 0 unspecified atom stereocenters. The molecule has 0 aliphatic heterocycles. The zero-order chi connectivity index (χ0) is 21.5. The Morgan fingerprint density at radius 2 is 1.57 bits per heavy atom. The molecule has 8 heteroatoms. The first-order valence-corrected chi connectivity index (χ1v) is 9.86. The molecule has 2 amide bonds. The Morgan fingerprint density at radius 1 is 0.800 bits per heavy atom. The lowest BCUT2D eigenvalue weighted by Crippen LogP contribution is -2.21. The van der Waals surface area contributed by atoms with Crippen LogP contribution in [0.1, 0.15) is 12.8 Å². The summed E-state index contributed by atoms with van der Waals surface area (Å²) in [6, 6.07) is 17.9. The Labute approximate surface area is 183 Å². The van der Waals surface area contributed by atoms with E-state index in [9.17, 15) is 14.4 Å². The van der Waals surface area contributed by atoms with E-state index >= 15 is 0 Å². The summed E-state index contributed by atoms with van der Waals surface area (Å²) in [4.78, 5) is 35.9. The zero-order valence-electron chi connectivity index (χ0n) is 15.8. The Bertz CT molecular complexity index is 1100. The van der Waals surface area contributed by atoms with E-state index in [4.69, 9.17) is 27.9 Å². The summed E-state index contributed by atoms with van der Waals surface area (Å²) in [5.74, 6) is -1.49. The number of ether oxygens (including phenoxy) is 1. The predicted octanol–water partition coefficient (Wildman–Crippen LogP) is 5.05. The van der Waals surface area contributed by atoms with Gasteiger partial charge in [0.1, 0.15) is 0 Å². The van der Waals surface area contributed by atoms with Crippen molar-refractivity contribution in [2.24, 2.45) is 0 Å². The molecule has 6 nitrogen and oxygen atoms in total. The minimum absolute atomic E-state index is 0.0591. The number of hydrogen-bond donors (Lipinski definition) is 2. The molecule has 0 saturated heterocycles. The van der Waals surface area contributed by atoms with Gasteiger partial charge in [0.05, 0.1) is 16.5 Å². The van der Waals surface area contributed by atoms with Crippen molar-refractivity contribution in [2.75, 3.05) is 17.2 Å². The van der Waals surface area contributed by atoms with Crippen molar-refractivity contribution < 1.29 is 19.1 Å². The van der Waals surface area contributed by atoms with Crippen molar-refractivity contribution >= 4 is 63.1 Å². The van der Waals surface area contributed by atoms with E-state index < -0.39 is 18.5 Å². The lowest BCUT2D eigenvalue weighted by molar-refractivity contribution is -0.147. The lowest BCUT2D eigenvalue weighted by atomic mass is 10.1.